The Bertz CT molecular complexity index is 1350. The molecule has 0 saturated heterocycles. The highest BCUT2D eigenvalue weighted by atomic mass is 16.6. The largest absolute Gasteiger partial charge is 0.494 e. The number of fused-ring (bicyclic) bond motifs is 1. The van der Waals surface area contributed by atoms with E-state index in [1.165, 1.54) is 6.42 Å². The second-order valence-corrected chi connectivity index (χ2v) is 9.08. The number of aromatic nitrogens is 3. The summed E-state index contributed by atoms with van der Waals surface area (Å²) in [6, 6.07) is 14.3. The molecule has 1 fully saturated rings. The lowest BCUT2D eigenvalue weighted by atomic mass is 9.92. The van der Waals surface area contributed by atoms with Gasteiger partial charge in [0.1, 0.15) is 5.75 Å². The first-order valence-electron chi connectivity index (χ1n) is 12.1. The van der Waals surface area contributed by atoms with Gasteiger partial charge in [-0.2, -0.15) is 4.98 Å². The minimum absolute atomic E-state index is 0.185. The smallest absolute Gasteiger partial charge is 0.411 e. The summed E-state index contributed by atoms with van der Waals surface area (Å²) in [6.45, 7) is 8.03. The molecular formula is C27H30N4O4. The molecule has 1 aliphatic rings. The van der Waals surface area contributed by atoms with E-state index in [0.717, 1.165) is 46.3 Å². The fraction of sp³-hybridized carbons (Fsp3) is 0.370. The van der Waals surface area contributed by atoms with Crippen molar-refractivity contribution in [2.75, 3.05) is 11.9 Å². The van der Waals surface area contributed by atoms with Crippen molar-refractivity contribution in [3.05, 3.63) is 48.4 Å². The molecule has 1 saturated carbocycles. The Hall–Kier alpha value is -3.81. The van der Waals surface area contributed by atoms with Crippen LogP contribution in [0, 0.1) is 6.92 Å². The average Bonchev–Trinajstić information content (AvgIpc) is 3.34. The van der Waals surface area contributed by atoms with E-state index in [1.54, 1.807) is 6.92 Å². The van der Waals surface area contributed by atoms with Gasteiger partial charge in [-0.15, -0.1) is 0 Å². The number of nitrogens with zero attached hydrogens (tertiary/aromatic N) is 3. The first-order valence-corrected chi connectivity index (χ1v) is 12.1. The predicted molar refractivity (Wildman–Crippen MR) is 135 cm³/mol. The van der Waals surface area contributed by atoms with Crippen LogP contribution >= 0.6 is 0 Å². The van der Waals surface area contributed by atoms with Gasteiger partial charge in [0, 0.05) is 30.1 Å². The third kappa shape index (κ3) is 4.48. The number of hydrogen-bond acceptors (Lipinski definition) is 6. The van der Waals surface area contributed by atoms with E-state index < -0.39 is 6.09 Å². The number of aryl methyl sites for hydroxylation is 1. The van der Waals surface area contributed by atoms with E-state index in [0.29, 0.717) is 30.1 Å². The van der Waals surface area contributed by atoms with E-state index in [1.807, 2.05) is 51.1 Å². The number of carbonyl (C=O) groups excluding carboxylic acids is 1. The molecule has 1 N–H and O–H groups in total. The zero-order valence-electron chi connectivity index (χ0n) is 20.5. The summed E-state index contributed by atoms with van der Waals surface area (Å²) < 4.78 is 18.8. The molecule has 0 aliphatic heterocycles. The number of amides is 1. The molecule has 2 aromatic carbocycles. The summed E-state index contributed by atoms with van der Waals surface area (Å²) in [5.74, 6) is 1.92. The summed E-state index contributed by atoms with van der Waals surface area (Å²) in [5, 5.41) is 8.12. The number of nitrogens with one attached hydrogen (secondary N) is 1. The zero-order chi connectivity index (χ0) is 24.5. The summed E-state index contributed by atoms with van der Waals surface area (Å²) in [4.78, 5) is 16.6. The Morgan fingerprint density at radius 1 is 1.20 bits per heavy atom. The highest BCUT2D eigenvalue weighted by Gasteiger charge is 2.30. The molecule has 0 atom stereocenters. The van der Waals surface area contributed by atoms with E-state index in [-0.39, 0.29) is 6.10 Å². The molecule has 2 aromatic heterocycles. The van der Waals surface area contributed by atoms with Gasteiger partial charge in [-0.05, 0) is 69.9 Å². The fourth-order valence-corrected chi connectivity index (χ4v) is 4.55. The Morgan fingerprint density at radius 3 is 2.57 bits per heavy atom. The SMILES string of the molecule is CCOc1ccc2c(-c3noc(C)n3)c(-c3ccc(NC(=O)OC(C)C)cc3)n(C3CCC3)c2c1. The minimum atomic E-state index is -0.470. The van der Waals surface area contributed by atoms with Crippen molar-refractivity contribution in [1.29, 1.82) is 0 Å². The number of ether oxygens (including phenoxy) is 2. The molecular weight excluding hydrogens is 444 g/mol. The number of carbonyl (C=O) groups is 1. The van der Waals surface area contributed by atoms with Crippen molar-refractivity contribution < 1.29 is 18.8 Å². The van der Waals surface area contributed by atoms with Crippen LogP contribution in [0.5, 0.6) is 5.75 Å². The number of benzene rings is 2. The third-order valence-electron chi connectivity index (χ3n) is 6.23. The molecule has 4 aromatic rings. The van der Waals surface area contributed by atoms with Crippen LogP contribution in [0.1, 0.15) is 52.0 Å². The van der Waals surface area contributed by atoms with Gasteiger partial charge in [-0.25, -0.2) is 4.79 Å². The molecule has 182 valence electrons. The van der Waals surface area contributed by atoms with Crippen LogP contribution in [0.25, 0.3) is 33.5 Å². The number of anilines is 1. The molecule has 2 heterocycles. The second kappa shape index (κ2) is 9.44. The lowest BCUT2D eigenvalue weighted by molar-refractivity contribution is 0.130. The molecule has 0 spiro atoms. The molecule has 5 rings (SSSR count). The quantitative estimate of drug-likeness (QED) is 0.319. The number of rotatable bonds is 7. The summed E-state index contributed by atoms with van der Waals surface area (Å²) in [7, 11) is 0. The van der Waals surface area contributed by atoms with Gasteiger partial charge < -0.3 is 18.6 Å². The van der Waals surface area contributed by atoms with Crippen molar-refractivity contribution in [3.63, 3.8) is 0 Å². The van der Waals surface area contributed by atoms with Crippen LogP contribution in [0.4, 0.5) is 10.5 Å². The average molecular weight is 475 g/mol. The number of hydrogen-bond donors (Lipinski definition) is 1. The normalized spacial score (nSPS) is 13.7. The van der Waals surface area contributed by atoms with Crippen molar-refractivity contribution in [3.8, 4) is 28.4 Å². The van der Waals surface area contributed by atoms with Gasteiger partial charge in [0.2, 0.25) is 11.7 Å². The van der Waals surface area contributed by atoms with Gasteiger partial charge in [0.05, 0.1) is 29.5 Å². The van der Waals surface area contributed by atoms with Gasteiger partial charge in [-0.1, -0.05) is 17.3 Å². The molecule has 8 heteroatoms. The maximum absolute atomic E-state index is 12.0. The Morgan fingerprint density at radius 2 is 1.97 bits per heavy atom. The third-order valence-corrected chi connectivity index (χ3v) is 6.23. The van der Waals surface area contributed by atoms with Crippen LogP contribution in [0.3, 0.4) is 0 Å². The summed E-state index contributed by atoms with van der Waals surface area (Å²) in [5.41, 5.74) is 4.74. The molecule has 1 amide bonds. The predicted octanol–water partition coefficient (Wildman–Crippen LogP) is 6.75. The maximum Gasteiger partial charge on any atom is 0.411 e. The Labute approximate surface area is 204 Å². The monoisotopic (exact) mass is 474 g/mol. The van der Waals surface area contributed by atoms with Gasteiger partial charge in [-0.3, -0.25) is 5.32 Å². The van der Waals surface area contributed by atoms with Crippen LogP contribution in [-0.2, 0) is 4.74 Å². The van der Waals surface area contributed by atoms with Crippen LogP contribution in [0.15, 0.2) is 47.0 Å². The topological polar surface area (TPSA) is 91.4 Å². The van der Waals surface area contributed by atoms with Crippen molar-refractivity contribution in [2.45, 2.75) is 59.1 Å². The van der Waals surface area contributed by atoms with Crippen LogP contribution < -0.4 is 10.1 Å². The van der Waals surface area contributed by atoms with Gasteiger partial charge in [0.25, 0.3) is 0 Å². The van der Waals surface area contributed by atoms with E-state index in [9.17, 15) is 4.79 Å². The first-order chi connectivity index (χ1) is 16.9. The summed E-state index contributed by atoms with van der Waals surface area (Å²) >= 11 is 0. The molecule has 0 radical (unpaired) electrons. The molecule has 0 bridgehead atoms. The van der Waals surface area contributed by atoms with Gasteiger partial charge >= 0.3 is 6.09 Å². The van der Waals surface area contributed by atoms with E-state index in [4.69, 9.17) is 14.0 Å². The first kappa shape index (κ1) is 23.0. The maximum atomic E-state index is 12.0. The fourth-order valence-electron chi connectivity index (χ4n) is 4.55. The van der Waals surface area contributed by atoms with E-state index in [2.05, 4.69) is 32.2 Å². The molecule has 1 aliphatic carbocycles. The standard InChI is InChI=1S/C27H30N4O4/c1-5-33-21-13-14-22-23(15-21)31(20-7-6-8-20)25(24(22)26-28-17(4)35-30-26)18-9-11-19(12-10-18)29-27(32)34-16(2)3/h9-16,20H,5-8H2,1-4H3,(H,29,32). The lowest BCUT2D eigenvalue weighted by Gasteiger charge is -2.30. The lowest BCUT2D eigenvalue weighted by Crippen LogP contribution is -2.18. The van der Waals surface area contributed by atoms with Crippen molar-refractivity contribution >= 4 is 22.7 Å². The van der Waals surface area contributed by atoms with Crippen LogP contribution in [0.2, 0.25) is 0 Å². The molecule has 8 nitrogen and oxygen atoms in total. The highest BCUT2D eigenvalue weighted by molar-refractivity contribution is 6.04. The van der Waals surface area contributed by atoms with Crippen molar-refractivity contribution in [1.82, 2.24) is 14.7 Å². The zero-order valence-corrected chi connectivity index (χ0v) is 20.5. The summed E-state index contributed by atoms with van der Waals surface area (Å²) in [6.07, 6.45) is 2.77. The molecule has 0 unspecified atom stereocenters. The molecule has 35 heavy (non-hydrogen) atoms. The van der Waals surface area contributed by atoms with Crippen LogP contribution in [-0.4, -0.2) is 33.5 Å². The van der Waals surface area contributed by atoms with Gasteiger partial charge in [0.15, 0.2) is 0 Å². The van der Waals surface area contributed by atoms with E-state index >= 15 is 0 Å². The Balaban J connectivity index is 1.66. The second-order valence-electron chi connectivity index (χ2n) is 9.08. The van der Waals surface area contributed by atoms with Crippen molar-refractivity contribution in [2.24, 2.45) is 0 Å². The Kier molecular flexibility index (Phi) is 6.19. The highest BCUT2D eigenvalue weighted by Crippen LogP contribution is 2.46. The minimum Gasteiger partial charge on any atom is -0.494 e.